The van der Waals surface area contributed by atoms with Crippen molar-refractivity contribution in [2.24, 2.45) is 0 Å². The molecular weight excluding hydrogens is 985 g/mol. The summed E-state index contributed by atoms with van der Waals surface area (Å²) in [6.45, 7) is 6.52. The number of carbonyl (C=O) groups is 3. The Hall–Kier alpha value is -3.67. The summed E-state index contributed by atoms with van der Waals surface area (Å²) in [6, 6.07) is 0. The molecule has 1 unspecified atom stereocenters. The Balaban J connectivity index is 4.45. The summed E-state index contributed by atoms with van der Waals surface area (Å²) in [5.41, 5.74) is 0. The van der Waals surface area contributed by atoms with Gasteiger partial charge in [0.05, 0.1) is 0 Å². The van der Waals surface area contributed by atoms with E-state index < -0.39 is 6.10 Å². The highest BCUT2D eigenvalue weighted by Crippen LogP contribution is 2.17. The number of ether oxygens (including phenoxy) is 3. The lowest BCUT2D eigenvalue weighted by Crippen LogP contribution is -2.30. The number of rotatable bonds is 62. The highest BCUT2D eigenvalue weighted by molar-refractivity contribution is 5.71. The number of hydrogen-bond acceptors (Lipinski definition) is 6. The van der Waals surface area contributed by atoms with E-state index in [1.165, 1.54) is 199 Å². The monoisotopic (exact) mass is 1110 g/mol. The van der Waals surface area contributed by atoms with E-state index >= 15 is 0 Å². The van der Waals surface area contributed by atoms with Crippen LogP contribution < -0.4 is 0 Å². The van der Waals surface area contributed by atoms with Gasteiger partial charge in [-0.1, -0.05) is 317 Å². The zero-order valence-corrected chi connectivity index (χ0v) is 52.8. The molecule has 0 heterocycles. The van der Waals surface area contributed by atoms with Crippen molar-refractivity contribution in [2.75, 3.05) is 13.2 Å². The van der Waals surface area contributed by atoms with Crippen LogP contribution in [0, 0.1) is 0 Å². The Morgan fingerprint density at radius 2 is 0.500 bits per heavy atom. The van der Waals surface area contributed by atoms with E-state index in [1.54, 1.807) is 0 Å². The summed E-state index contributed by atoms with van der Waals surface area (Å²) < 4.78 is 16.9. The number of hydrogen-bond donors (Lipinski definition) is 0. The predicted molar refractivity (Wildman–Crippen MR) is 348 cm³/mol. The van der Waals surface area contributed by atoms with Crippen LogP contribution in [0.25, 0.3) is 0 Å². The van der Waals surface area contributed by atoms with Gasteiger partial charge in [-0.2, -0.15) is 0 Å². The number of unbranched alkanes of at least 4 members (excludes halogenated alkanes) is 35. The average molecular weight is 1110 g/mol. The van der Waals surface area contributed by atoms with Gasteiger partial charge < -0.3 is 14.2 Å². The van der Waals surface area contributed by atoms with Gasteiger partial charge in [-0.25, -0.2) is 0 Å². The summed E-state index contributed by atoms with van der Waals surface area (Å²) in [5.74, 6) is -0.945. The van der Waals surface area contributed by atoms with Gasteiger partial charge in [0.25, 0.3) is 0 Å². The van der Waals surface area contributed by atoms with Gasteiger partial charge in [-0.3, -0.25) is 14.4 Å². The smallest absolute Gasteiger partial charge is 0.306 e. The Morgan fingerprint density at radius 3 is 0.825 bits per heavy atom. The highest BCUT2D eigenvalue weighted by Gasteiger charge is 2.19. The minimum Gasteiger partial charge on any atom is -0.462 e. The van der Waals surface area contributed by atoms with Crippen molar-refractivity contribution in [2.45, 2.75) is 341 Å². The molecule has 0 aromatic heterocycles. The quantitative estimate of drug-likeness (QED) is 0.0261. The molecule has 1 atom stereocenters. The van der Waals surface area contributed by atoms with Crippen LogP contribution in [0.5, 0.6) is 0 Å². The van der Waals surface area contributed by atoms with E-state index in [2.05, 4.69) is 118 Å². The van der Waals surface area contributed by atoms with Gasteiger partial charge >= 0.3 is 17.9 Å². The Labute approximate surface area is 496 Å². The molecular formula is C74H128O6. The van der Waals surface area contributed by atoms with Crippen molar-refractivity contribution >= 4 is 17.9 Å². The third-order valence-corrected chi connectivity index (χ3v) is 14.8. The SMILES string of the molecule is CC/C=C\C/C=C\C/C=C\C/C=C\C/C=C\C/C=C\C/C=C\CCCC(=O)OCC(COC(=O)CCCCCCCCC/C=C\CCCCCCCC)OC(=O)CCCCCCCCCCCCCCCCCCCCCCCC. The van der Waals surface area contributed by atoms with Crippen molar-refractivity contribution < 1.29 is 28.6 Å². The first-order valence-corrected chi connectivity index (χ1v) is 34.2. The van der Waals surface area contributed by atoms with Gasteiger partial charge in [0.2, 0.25) is 0 Å². The highest BCUT2D eigenvalue weighted by atomic mass is 16.6. The maximum atomic E-state index is 13.0. The van der Waals surface area contributed by atoms with Gasteiger partial charge in [-0.05, 0) is 96.3 Å². The molecule has 0 radical (unpaired) electrons. The van der Waals surface area contributed by atoms with Gasteiger partial charge in [0, 0.05) is 19.3 Å². The van der Waals surface area contributed by atoms with Crippen molar-refractivity contribution in [3.8, 4) is 0 Å². The Kier molecular flexibility index (Phi) is 64.7. The molecule has 0 aromatic rings. The third-order valence-electron chi connectivity index (χ3n) is 14.8. The normalized spacial score (nSPS) is 12.7. The zero-order valence-electron chi connectivity index (χ0n) is 52.8. The number of esters is 3. The fraction of sp³-hybridized carbons (Fsp3) is 0.743. The van der Waals surface area contributed by atoms with E-state index in [1.807, 2.05) is 0 Å². The second-order valence-electron chi connectivity index (χ2n) is 22.7. The van der Waals surface area contributed by atoms with Crippen LogP contribution >= 0.6 is 0 Å². The summed E-state index contributed by atoms with van der Waals surface area (Å²) in [6.07, 6.45) is 91.4. The van der Waals surface area contributed by atoms with E-state index in [-0.39, 0.29) is 37.5 Å². The molecule has 0 amide bonds. The molecule has 0 spiro atoms. The summed E-state index contributed by atoms with van der Waals surface area (Å²) >= 11 is 0. The van der Waals surface area contributed by atoms with E-state index in [9.17, 15) is 14.4 Å². The minimum absolute atomic E-state index is 0.0953. The second kappa shape index (κ2) is 67.8. The Bertz CT molecular complexity index is 1560. The summed E-state index contributed by atoms with van der Waals surface area (Å²) in [5, 5.41) is 0. The maximum Gasteiger partial charge on any atom is 0.306 e. The number of carbonyl (C=O) groups excluding carboxylic acids is 3. The molecule has 0 saturated carbocycles. The molecule has 0 N–H and O–H groups in total. The minimum atomic E-state index is -0.804. The molecule has 0 aromatic carbocycles. The fourth-order valence-corrected chi connectivity index (χ4v) is 9.72. The van der Waals surface area contributed by atoms with Gasteiger partial charge in [-0.15, -0.1) is 0 Å². The van der Waals surface area contributed by atoms with Crippen LogP contribution in [-0.2, 0) is 28.6 Å². The topological polar surface area (TPSA) is 78.9 Å². The molecule has 0 aliphatic carbocycles. The molecule has 80 heavy (non-hydrogen) atoms. The lowest BCUT2D eigenvalue weighted by molar-refractivity contribution is -0.167. The first-order chi connectivity index (χ1) is 39.5. The van der Waals surface area contributed by atoms with Crippen LogP contribution in [0.15, 0.2) is 97.2 Å². The largest absolute Gasteiger partial charge is 0.462 e. The van der Waals surface area contributed by atoms with Crippen molar-refractivity contribution in [1.29, 1.82) is 0 Å². The molecule has 0 fully saturated rings. The lowest BCUT2D eigenvalue weighted by Gasteiger charge is -2.18. The molecule has 0 bridgehead atoms. The van der Waals surface area contributed by atoms with Crippen LogP contribution in [0.4, 0.5) is 0 Å². The van der Waals surface area contributed by atoms with Crippen molar-refractivity contribution in [3.05, 3.63) is 97.2 Å². The van der Waals surface area contributed by atoms with Crippen molar-refractivity contribution in [1.82, 2.24) is 0 Å². The molecule has 0 aliphatic rings. The second-order valence-corrected chi connectivity index (χ2v) is 22.7. The molecule has 0 rings (SSSR count). The van der Waals surface area contributed by atoms with Crippen LogP contribution in [-0.4, -0.2) is 37.2 Å². The average Bonchev–Trinajstić information content (AvgIpc) is 3.46. The van der Waals surface area contributed by atoms with Crippen LogP contribution in [0.1, 0.15) is 335 Å². The van der Waals surface area contributed by atoms with E-state index in [4.69, 9.17) is 14.2 Å². The van der Waals surface area contributed by atoms with Crippen LogP contribution in [0.2, 0.25) is 0 Å². The summed E-state index contributed by atoms with van der Waals surface area (Å²) in [7, 11) is 0. The molecule has 0 aliphatic heterocycles. The molecule has 0 saturated heterocycles. The van der Waals surface area contributed by atoms with Gasteiger partial charge in [0.1, 0.15) is 13.2 Å². The first-order valence-electron chi connectivity index (χ1n) is 34.2. The zero-order chi connectivity index (χ0) is 57.8. The Morgan fingerprint density at radius 1 is 0.263 bits per heavy atom. The molecule has 460 valence electrons. The summed E-state index contributed by atoms with van der Waals surface area (Å²) in [4.78, 5) is 38.4. The first kappa shape index (κ1) is 76.3. The molecule has 6 nitrogen and oxygen atoms in total. The standard InChI is InChI=1S/C74H128O6/c1-4-7-10-13-16-19-22-25-28-31-33-35-37-39-40-43-46-49-52-55-58-61-64-67-73(76)79-70-71(69-78-72(75)66-63-60-57-54-51-48-45-42-30-27-24-21-18-15-12-9-6-3)80-74(77)68-65-62-59-56-53-50-47-44-41-38-36-34-32-29-26-23-20-17-14-11-8-5-2/h7,10,16,19,25,27-28,30,33,35,39-40,46,49,55,58,71H,4-6,8-9,11-15,17-18,20-24,26,29,31-32,34,36-38,41-45,47-48,50-54,56-57,59-70H2,1-3H3/b10-7-,19-16-,28-25-,30-27-,35-33-,40-39-,49-46-,58-55-. The number of allylic oxidation sites excluding steroid dienone is 16. The molecule has 6 heteroatoms. The maximum absolute atomic E-state index is 13.0. The van der Waals surface area contributed by atoms with Crippen LogP contribution in [0.3, 0.4) is 0 Å². The van der Waals surface area contributed by atoms with Gasteiger partial charge in [0.15, 0.2) is 6.10 Å². The van der Waals surface area contributed by atoms with E-state index in [0.29, 0.717) is 19.3 Å². The fourth-order valence-electron chi connectivity index (χ4n) is 9.72. The van der Waals surface area contributed by atoms with E-state index in [0.717, 1.165) is 89.9 Å². The third kappa shape index (κ3) is 65.1. The predicted octanol–water partition coefficient (Wildman–Crippen LogP) is 23.6. The lowest BCUT2D eigenvalue weighted by atomic mass is 10.0. The van der Waals surface area contributed by atoms with Crippen molar-refractivity contribution in [3.63, 3.8) is 0 Å².